The predicted octanol–water partition coefficient (Wildman–Crippen LogP) is 2.10. The van der Waals surface area contributed by atoms with Crippen molar-refractivity contribution in [1.29, 1.82) is 0 Å². The molecule has 0 fully saturated rings. The van der Waals surface area contributed by atoms with Gasteiger partial charge < -0.3 is 15.2 Å². The van der Waals surface area contributed by atoms with Crippen LogP contribution in [0, 0.1) is 12.8 Å². The molecule has 2 N–H and O–H groups in total. The van der Waals surface area contributed by atoms with Gasteiger partial charge in [-0.3, -0.25) is 4.79 Å². The smallest absolute Gasteiger partial charge is 0.303 e. The molecule has 0 aliphatic heterocycles. The minimum Gasteiger partial charge on any atom is -0.481 e. The van der Waals surface area contributed by atoms with Crippen LogP contribution in [-0.2, 0) is 4.79 Å². The van der Waals surface area contributed by atoms with E-state index in [1.807, 2.05) is 20.8 Å². The minimum absolute atomic E-state index is 0.0154. The van der Waals surface area contributed by atoms with Crippen molar-refractivity contribution >= 4 is 11.9 Å². The highest BCUT2D eigenvalue weighted by Gasteiger charge is 2.09. The fourth-order valence-electron chi connectivity index (χ4n) is 1.54. The van der Waals surface area contributed by atoms with Crippen LogP contribution in [0.3, 0.4) is 0 Å². The van der Waals surface area contributed by atoms with Crippen LogP contribution in [0.15, 0.2) is 6.07 Å². The number of rotatable bonds is 8. The molecule has 1 aromatic heterocycles. The van der Waals surface area contributed by atoms with Crippen LogP contribution in [0.25, 0.3) is 0 Å². The molecule has 106 valence electrons. The highest BCUT2D eigenvalue weighted by atomic mass is 16.5. The number of anilines is 1. The highest BCUT2D eigenvalue weighted by molar-refractivity contribution is 5.67. The average molecular weight is 267 g/mol. The zero-order valence-corrected chi connectivity index (χ0v) is 11.6. The molecule has 0 aromatic carbocycles. The molecule has 0 aliphatic rings. The Morgan fingerprint density at radius 2 is 2.26 bits per heavy atom. The molecular weight excluding hydrogens is 246 g/mol. The van der Waals surface area contributed by atoms with E-state index >= 15 is 0 Å². The number of carbonyl (C=O) groups is 1. The van der Waals surface area contributed by atoms with Gasteiger partial charge in [-0.25, -0.2) is 4.98 Å². The number of aryl methyl sites for hydroxylation is 1. The first-order chi connectivity index (χ1) is 9.01. The molecule has 1 unspecified atom stereocenters. The van der Waals surface area contributed by atoms with E-state index in [4.69, 9.17) is 9.84 Å². The number of hydrogen-bond acceptors (Lipinski definition) is 5. The Balaban J connectivity index is 2.57. The van der Waals surface area contributed by atoms with Crippen molar-refractivity contribution in [2.45, 2.75) is 33.6 Å². The van der Waals surface area contributed by atoms with Crippen molar-refractivity contribution in [2.24, 2.45) is 5.92 Å². The summed E-state index contributed by atoms with van der Waals surface area (Å²) in [5.74, 6) is 0.235. The largest absolute Gasteiger partial charge is 0.481 e. The van der Waals surface area contributed by atoms with Gasteiger partial charge in [0.15, 0.2) is 0 Å². The lowest BCUT2D eigenvalue weighted by atomic mass is 10.1. The number of carboxylic acid groups (broad SMARTS) is 1. The second-order valence-corrected chi connectivity index (χ2v) is 4.60. The van der Waals surface area contributed by atoms with Crippen molar-refractivity contribution in [3.05, 3.63) is 11.8 Å². The molecule has 0 saturated carbocycles. The van der Waals surface area contributed by atoms with Crippen molar-refractivity contribution in [3.8, 4) is 5.88 Å². The highest BCUT2D eigenvalue weighted by Crippen LogP contribution is 2.13. The standard InChI is InChI=1S/C13H21N3O3/c1-4-5-19-11-7-10(3)15-13(16-11)14-8-9(2)6-12(17)18/h7,9H,4-6,8H2,1-3H3,(H,17,18)(H,14,15,16). The SMILES string of the molecule is CCCOc1cc(C)nc(NCC(C)CC(=O)O)n1. The molecule has 1 aromatic rings. The second-order valence-electron chi connectivity index (χ2n) is 4.60. The molecule has 19 heavy (non-hydrogen) atoms. The summed E-state index contributed by atoms with van der Waals surface area (Å²) in [6.07, 6.45) is 1.04. The van der Waals surface area contributed by atoms with E-state index in [-0.39, 0.29) is 12.3 Å². The maximum absolute atomic E-state index is 10.6. The van der Waals surface area contributed by atoms with Crippen molar-refractivity contribution < 1.29 is 14.6 Å². The number of nitrogens with zero attached hydrogens (tertiary/aromatic N) is 2. The van der Waals surface area contributed by atoms with E-state index in [1.165, 1.54) is 0 Å². The van der Waals surface area contributed by atoms with Crippen molar-refractivity contribution in [2.75, 3.05) is 18.5 Å². The fraction of sp³-hybridized carbons (Fsp3) is 0.615. The maximum Gasteiger partial charge on any atom is 0.303 e. The molecule has 0 aliphatic carbocycles. The van der Waals surface area contributed by atoms with E-state index < -0.39 is 5.97 Å². The Morgan fingerprint density at radius 1 is 1.53 bits per heavy atom. The summed E-state index contributed by atoms with van der Waals surface area (Å²) in [5, 5.41) is 11.7. The van der Waals surface area contributed by atoms with Crippen LogP contribution in [0.4, 0.5) is 5.95 Å². The molecular formula is C13H21N3O3. The third-order valence-electron chi connectivity index (χ3n) is 2.42. The number of aromatic nitrogens is 2. The van der Waals surface area contributed by atoms with E-state index in [9.17, 15) is 4.79 Å². The summed E-state index contributed by atoms with van der Waals surface area (Å²) in [6.45, 7) is 6.90. The maximum atomic E-state index is 10.6. The molecule has 6 nitrogen and oxygen atoms in total. The molecule has 6 heteroatoms. The predicted molar refractivity (Wildman–Crippen MR) is 72.5 cm³/mol. The first-order valence-corrected chi connectivity index (χ1v) is 6.45. The zero-order valence-electron chi connectivity index (χ0n) is 11.6. The molecule has 1 heterocycles. The second kappa shape index (κ2) is 7.56. The van der Waals surface area contributed by atoms with Crippen LogP contribution in [0.5, 0.6) is 5.88 Å². The Hall–Kier alpha value is -1.85. The number of aliphatic carboxylic acids is 1. The molecule has 0 bridgehead atoms. The summed E-state index contributed by atoms with van der Waals surface area (Å²) < 4.78 is 5.46. The van der Waals surface area contributed by atoms with Crippen molar-refractivity contribution in [1.82, 2.24) is 9.97 Å². The zero-order chi connectivity index (χ0) is 14.3. The first kappa shape index (κ1) is 15.2. The van der Waals surface area contributed by atoms with Gasteiger partial charge in [-0.05, 0) is 19.3 Å². The van der Waals surface area contributed by atoms with Crippen LogP contribution in [-0.4, -0.2) is 34.2 Å². The average Bonchev–Trinajstić information content (AvgIpc) is 2.32. The van der Waals surface area contributed by atoms with Gasteiger partial charge in [0.1, 0.15) is 0 Å². The van der Waals surface area contributed by atoms with Crippen LogP contribution in [0.2, 0.25) is 0 Å². The Morgan fingerprint density at radius 3 is 2.89 bits per heavy atom. The number of carboxylic acids is 1. The van der Waals surface area contributed by atoms with Gasteiger partial charge in [-0.2, -0.15) is 4.98 Å². The first-order valence-electron chi connectivity index (χ1n) is 6.45. The van der Waals surface area contributed by atoms with Crippen LogP contribution in [0.1, 0.15) is 32.4 Å². The van der Waals surface area contributed by atoms with Gasteiger partial charge >= 0.3 is 5.97 Å². The van der Waals surface area contributed by atoms with Gasteiger partial charge in [-0.15, -0.1) is 0 Å². The lowest BCUT2D eigenvalue weighted by Crippen LogP contribution is -2.16. The summed E-state index contributed by atoms with van der Waals surface area (Å²) >= 11 is 0. The van der Waals surface area contributed by atoms with Gasteiger partial charge in [0, 0.05) is 24.7 Å². The van der Waals surface area contributed by atoms with Crippen LogP contribution >= 0.6 is 0 Å². The monoisotopic (exact) mass is 267 g/mol. The normalized spacial score (nSPS) is 11.9. The third-order valence-corrected chi connectivity index (χ3v) is 2.42. The van der Waals surface area contributed by atoms with Crippen LogP contribution < -0.4 is 10.1 Å². The lowest BCUT2D eigenvalue weighted by Gasteiger charge is -2.12. The molecule has 0 amide bonds. The van der Waals surface area contributed by atoms with E-state index in [1.54, 1.807) is 6.07 Å². The van der Waals surface area contributed by atoms with E-state index in [0.717, 1.165) is 12.1 Å². The van der Waals surface area contributed by atoms with E-state index in [0.29, 0.717) is 25.0 Å². The summed E-state index contributed by atoms with van der Waals surface area (Å²) in [6, 6.07) is 1.78. The number of ether oxygens (including phenoxy) is 1. The Bertz CT molecular complexity index is 424. The Labute approximate surface area is 113 Å². The van der Waals surface area contributed by atoms with Gasteiger partial charge in [0.2, 0.25) is 11.8 Å². The fourth-order valence-corrected chi connectivity index (χ4v) is 1.54. The molecule has 0 spiro atoms. The summed E-state index contributed by atoms with van der Waals surface area (Å²) in [7, 11) is 0. The Kier molecular flexibility index (Phi) is 6.05. The van der Waals surface area contributed by atoms with Gasteiger partial charge in [0.25, 0.3) is 0 Å². The minimum atomic E-state index is -0.800. The molecule has 1 rings (SSSR count). The summed E-state index contributed by atoms with van der Waals surface area (Å²) in [4.78, 5) is 19.0. The number of hydrogen-bond donors (Lipinski definition) is 2. The third kappa shape index (κ3) is 6.03. The van der Waals surface area contributed by atoms with Crippen molar-refractivity contribution in [3.63, 3.8) is 0 Å². The molecule has 1 atom stereocenters. The van der Waals surface area contributed by atoms with Gasteiger partial charge in [0.05, 0.1) is 6.61 Å². The lowest BCUT2D eigenvalue weighted by molar-refractivity contribution is -0.137. The van der Waals surface area contributed by atoms with Gasteiger partial charge in [-0.1, -0.05) is 13.8 Å². The summed E-state index contributed by atoms with van der Waals surface area (Å²) in [5.41, 5.74) is 0.814. The molecule has 0 saturated heterocycles. The topological polar surface area (TPSA) is 84.3 Å². The van der Waals surface area contributed by atoms with E-state index in [2.05, 4.69) is 15.3 Å². The number of nitrogens with one attached hydrogen (secondary N) is 1. The molecule has 0 radical (unpaired) electrons. The quantitative estimate of drug-likeness (QED) is 0.750.